The van der Waals surface area contributed by atoms with E-state index in [0.29, 0.717) is 11.5 Å². The number of hydrogen-bond donors (Lipinski definition) is 0. The normalized spacial score (nSPS) is 11.5. The van der Waals surface area contributed by atoms with Crippen LogP contribution in [0, 0.1) is 0 Å². The maximum Gasteiger partial charge on any atom is 0.302 e. The lowest BCUT2D eigenvalue weighted by Gasteiger charge is -2.19. The van der Waals surface area contributed by atoms with E-state index in [1.807, 2.05) is 78.9 Å². The number of esters is 1. The van der Waals surface area contributed by atoms with Gasteiger partial charge in [0.05, 0.1) is 0 Å². The van der Waals surface area contributed by atoms with E-state index in [-0.39, 0.29) is 18.7 Å². The first-order valence-electron chi connectivity index (χ1n) is 8.48. The van der Waals surface area contributed by atoms with Crippen LogP contribution in [0.5, 0.6) is 17.2 Å². The Morgan fingerprint density at radius 1 is 0.852 bits per heavy atom. The molecule has 138 valence electrons. The average molecular weight is 427 g/mol. The summed E-state index contributed by atoms with van der Waals surface area (Å²) in [7, 11) is 0. The molecule has 5 heteroatoms. The zero-order valence-electron chi connectivity index (χ0n) is 14.8. The topological polar surface area (TPSA) is 44.8 Å². The molecule has 0 saturated carbocycles. The molecule has 0 bridgehead atoms. The third-order valence-electron chi connectivity index (χ3n) is 3.76. The second kappa shape index (κ2) is 9.24. The van der Waals surface area contributed by atoms with Gasteiger partial charge in [-0.15, -0.1) is 0 Å². The summed E-state index contributed by atoms with van der Waals surface area (Å²) >= 11 is 3.40. The minimum atomic E-state index is -0.381. The first-order chi connectivity index (χ1) is 13.1. The summed E-state index contributed by atoms with van der Waals surface area (Å²) < 4.78 is 18.0. The van der Waals surface area contributed by atoms with Crippen LogP contribution in [0.4, 0.5) is 0 Å². The van der Waals surface area contributed by atoms with Gasteiger partial charge in [-0.2, -0.15) is 0 Å². The van der Waals surface area contributed by atoms with Gasteiger partial charge in [0, 0.05) is 11.4 Å². The Hall–Kier alpha value is -2.79. The number of benzene rings is 3. The van der Waals surface area contributed by atoms with E-state index in [1.54, 1.807) is 0 Å². The monoisotopic (exact) mass is 426 g/mol. The van der Waals surface area contributed by atoms with Crippen LogP contribution in [0.25, 0.3) is 0 Å². The number of halogens is 1. The largest absolute Gasteiger partial charge is 0.482 e. The Kier molecular flexibility index (Phi) is 6.49. The molecule has 1 atom stereocenters. The van der Waals surface area contributed by atoms with Crippen molar-refractivity contribution in [3.63, 3.8) is 0 Å². The summed E-state index contributed by atoms with van der Waals surface area (Å²) in [6, 6.07) is 24.6. The van der Waals surface area contributed by atoms with E-state index in [0.717, 1.165) is 15.8 Å². The molecule has 4 nitrogen and oxygen atoms in total. The first kappa shape index (κ1) is 19.0. The molecule has 0 radical (unpaired) electrons. The number of carbonyl (C=O) groups is 1. The van der Waals surface area contributed by atoms with E-state index in [2.05, 4.69) is 15.9 Å². The smallest absolute Gasteiger partial charge is 0.302 e. The van der Waals surface area contributed by atoms with Gasteiger partial charge in [-0.3, -0.25) is 4.79 Å². The maximum absolute atomic E-state index is 11.2. The molecule has 0 aromatic heterocycles. The summed E-state index contributed by atoms with van der Waals surface area (Å²) in [4.78, 5) is 11.2. The van der Waals surface area contributed by atoms with Crippen molar-refractivity contribution >= 4 is 21.9 Å². The van der Waals surface area contributed by atoms with Crippen LogP contribution >= 0.6 is 15.9 Å². The fraction of sp³-hybridized carbons (Fsp3) is 0.136. The molecule has 0 fully saturated rings. The fourth-order valence-electron chi connectivity index (χ4n) is 2.45. The molecule has 3 rings (SSSR count). The van der Waals surface area contributed by atoms with E-state index in [9.17, 15) is 4.79 Å². The highest BCUT2D eigenvalue weighted by Crippen LogP contribution is 2.27. The highest BCUT2D eigenvalue weighted by molar-refractivity contribution is 9.10. The van der Waals surface area contributed by atoms with Crippen molar-refractivity contribution in [1.29, 1.82) is 0 Å². The van der Waals surface area contributed by atoms with Gasteiger partial charge in [0.2, 0.25) is 0 Å². The molecular formula is C22H19BrO4. The third kappa shape index (κ3) is 5.86. The molecule has 0 spiro atoms. The number of carbonyl (C=O) groups excluding carboxylic acids is 1. The molecule has 0 aliphatic carbocycles. The van der Waals surface area contributed by atoms with Gasteiger partial charge in [-0.25, -0.2) is 0 Å². The van der Waals surface area contributed by atoms with Gasteiger partial charge < -0.3 is 14.2 Å². The lowest BCUT2D eigenvalue weighted by Crippen LogP contribution is -2.16. The van der Waals surface area contributed by atoms with Crippen molar-refractivity contribution in [2.75, 3.05) is 6.61 Å². The second-order valence-corrected chi connectivity index (χ2v) is 6.76. The first-order valence-corrected chi connectivity index (χ1v) is 9.28. The third-order valence-corrected chi connectivity index (χ3v) is 4.29. The van der Waals surface area contributed by atoms with Gasteiger partial charge in [0.1, 0.15) is 23.9 Å². The lowest BCUT2D eigenvalue weighted by atomic mass is 10.1. The van der Waals surface area contributed by atoms with Crippen LogP contribution in [0.1, 0.15) is 18.6 Å². The second-order valence-electron chi connectivity index (χ2n) is 5.85. The van der Waals surface area contributed by atoms with Gasteiger partial charge in [0.15, 0.2) is 6.10 Å². The molecule has 0 N–H and O–H groups in total. The van der Waals surface area contributed by atoms with Crippen molar-refractivity contribution in [2.24, 2.45) is 0 Å². The Bertz CT molecular complexity index is 861. The average Bonchev–Trinajstić information content (AvgIpc) is 2.69. The van der Waals surface area contributed by atoms with E-state index >= 15 is 0 Å². The highest BCUT2D eigenvalue weighted by Gasteiger charge is 2.15. The predicted molar refractivity (Wildman–Crippen MR) is 107 cm³/mol. The standard InChI is InChI=1S/C22H19BrO4/c1-16(24)25-15-22(17-5-3-2-4-6-17)27-21-13-11-20(12-14-21)26-19-9-7-18(23)8-10-19/h2-14,22H,15H2,1H3. The van der Waals surface area contributed by atoms with Crippen molar-refractivity contribution < 1.29 is 19.0 Å². The summed E-state index contributed by atoms with van der Waals surface area (Å²) in [6.45, 7) is 1.53. The summed E-state index contributed by atoms with van der Waals surface area (Å²) in [5.41, 5.74) is 0.939. The zero-order valence-corrected chi connectivity index (χ0v) is 16.4. The Morgan fingerprint density at radius 3 is 2.00 bits per heavy atom. The summed E-state index contributed by atoms with van der Waals surface area (Å²) in [5, 5.41) is 0. The Labute approximate surface area is 166 Å². The van der Waals surface area contributed by atoms with Crippen LogP contribution in [0.15, 0.2) is 83.3 Å². The van der Waals surface area contributed by atoms with Crippen LogP contribution < -0.4 is 9.47 Å². The number of hydrogen-bond acceptors (Lipinski definition) is 4. The minimum absolute atomic E-state index is 0.149. The van der Waals surface area contributed by atoms with E-state index in [4.69, 9.17) is 14.2 Å². The molecule has 3 aromatic carbocycles. The van der Waals surface area contributed by atoms with Gasteiger partial charge >= 0.3 is 5.97 Å². The van der Waals surface area contributed by atoms with Crippen LogP contribution in [-0.4, -0.2) is 12.6 Å². The summed E-state index contributed by atoms with van der Waals surface area (Å²) in [5.74, 6) is 1.79. The number of ether oxygens (including phenoxy) is 3. The molecule has 0 heterocycles. The predicted octanol–water partition coefficient (Wildman–Crippen LogP) is 5.92. The van der Waals surface area contributed by atoms with Crippen molar-refractivity contribution in [3.05, 3.63) is 88.9 Å². The van der Waals surface area contributed by atoms with Crippen molar-refractivity contribution in [1.82, 2.24) is 0 Å². The molecule has 0 saturated heterocycles. The molecular weight excluding hydrogens is 408 g/mol. The molecule has 0 amide bonds. The van der Waals surface area contributed by atoms with Crippen LogP contribution in [-0.2, 0) is 9.53 Å². The van der Waals surface area contributed by atoms with E-state index in [1.165, 1.54) is 6.92 Å². The van der Waals surface area contributed by atoms with Crippen molar-refractivity contribution in [2.45, 2.75) is 13.0 Å². The molecule has 0 aliphatic rings. The Morgan fingerprint density at radius 2 is 1.41 bits per heavy atom. The molecule has 27 heavy (non-hydrogen) atoms. The highest BCUT2D eigenvalue weighted by atomic mass is 79.9. The van der Waals surface area contributed by atoms with Crippen molar-refractivity contribution in [3.8, 4) is 17.2 Å². The van der Waals surface area contributed by atoms with Gasteiger partial charge in [-0.1, -0.05) is 46.3 Å². The maximum atomic E-state index is 11.2. The molecule has 3 aromatic rings. The SMILES string of the molecule is CC(=O)OCC(Oc1ccc(Oc2ccc(Br)cc2)cc1)c1ccccc1. The molecule has 1 unspecified atom stereocenters. The molecule has 0 aliphatic heterocycles. The minimum Gasteiger partial charge on any atom is -0.482 e. The van der Waals surface area contributed by atoms with Crippen LogP contribution in [0.2, 0.25) is 0 Å². The quantitative estimate of drug-likeness (QED) is 0.439. The number of rotatable bonds is 7. The lowest BCUT2D eigenvalue weighted by molar-refractivity contribution is -0.143. The summed E-state index contributed by atoms with van der Waals surface area (Å²) in [6.07, 6.45) is -0.381. The fourth-order valence-corrected chi connectivity index (χ4v) is 2.71. The van der Waals surface area contributed by atoms with Crippen LogP contribution in [0.3, 0.4) is 0 Å². The zero-order chi connectivity index (χ0) is 19.1. The Balaban J connectivity index is 1.68. The van der Waals surface area contributed by atoms with E-state index < -0.39 is 0 Å². The van der Waals surface area contributed by atoms with Gasteiger partial charge in [-0.05, 0) is 54.1 Å². The van der Waals surface area contributed by atoms with Gasteiger partial charge in [0.25, 0.3) is 0 Å².